The fraction of sp³-hybridized carbons (Fsp3) is 0.429. The van der Waals surface area contributed by atoms with Crippen molar-refractivity contribution in [3.8, 4) is 0 Å². The number of rotatable bonds is 6. The van der Waals surface area contributed by atoms with Gasteiger partial charge < -0.3 is 20.0 Å². The third-order valence-corrected chi connectivity index (χ3v) is 5.47. The Balaban J connectivity index is 1.50. The molecule has 2 aromatic rings. The molecule has 6 heteroatoms. The lowest BCUT2D eigenvalue weighted by Gasteiger charge is -2.30. The van der Waals surface area contributed by atoms with E-state index in [4.69, 9.17) is 0 Å². The van der Waals surface area contributed by atoms with E-state index in [9.17, 15) is 9.59 Å². The Kier molecular flexibility index (Phi) is 6.42. The van der Waals surface area contributed by atoms with Crippen LogP contribution in [0.15, 0.2) is 42.5 Å². The molecule has 27 heavy (non-hydrogen) atoms. The number of fused-ring (bicyclic) bond motifs is 1. The second-order valence-electron chi connectivity index (χ2n) is 7.41. The summed E-state index contributed by atoms with van der Waals surface area (Å²) in [6.07, 6.45) is 0. The van der Waals surface area contributed by atoms with Crippen LogP contribution < -0.4 is 15.1 Å². The highest BCUT2D eigenvalue weighted by atomic mass is 16.2. The highest BCUT2D eigenvalue weighted by Gasteiger charge is 2.26. The van der Waals surface area contributed by atoms with Crippen molar-refractivity contribution >= 4 is 22.6 Å². The lowest BCUT2D eigenvalue weighted by molar-refractivity contribution is -1.02. The van der Waals surface area contributed by atoms with E-state index in [0.717, 1.165) is 32.7 Å². The first kappa shape index (κ1) is 19.3. The highest BCUT2D eigenvalue weighted by Crippen LogP contribution is 2.17. The fourth-order valence-electron chi connectivity index (χ4n) is 3.76. The summed E-state index contributed by atoms with van der Waals surface area (Å²) in [5, 5.41) is 5.19. The van der Waals surface area contributed by atoms with Gasteiger partial charge in [0.15, 0.2) is 6.54 Å². The van der Waals surface area contributed by atoms with E-state index in [1.165, 1.54) is 26.1 Å². The highest BCUT2D eigenvalue weighted by molar-refractivity contribution is 5.85. The summed E-state index contributed by atoms with van der Waals surface area (Å²) in [5.74, 6) is -0.101. The predicted octanol–water partition coefficient (Wildman–Crippen LogP) is -1.67. The Morgan fingerprint density at radius 1 is 1.00 bits per heavy atom. The van der Waals surface area contributed by atoms with Gasteiger partial charge in [0, 0.05) is 19.7 Å². The Hall–Kier alpha value is -2.44. The average Bonchev–Trinajstić information content (AvgIpc) is 2.69. The molecule has 1 fully saturated rings. The van der Waals surface area contributed by atoms with E-state index in [0.29, 0.717) is 6.54 Å². The molecule has 0 unspecified atom stereocenters. The van der Waals surface area contributed by atoms with Crippen molar-refractivity contribution in [2.45, 2.75) is 6.54 Å². The third-order valence-electron chi connectivity index (χ3n) is 5.47. The van der Waals surface area contributed by atoms with Crippen LogP contribution in [0.25, 0.3) is 10.8 Å². The lowest BCUT2D eigenvalue weighted by atomic mass is 10.0. The number of carbonyl (C=O) groups is 2. The van der Waals surface area contributed by atoms with Gasteiger partial charge in [-0.1, -0.05) is 42.5 Å². The van der Waals surface area contributed by atoms with Gasteiger partial charge in [-0.15, -0.1) is 0 Å². The van der Waals surface area contributed by atoms with Gasteiger partial charge in [0.2, 0.25) is 5.91 Å². The topological polar surface area (TPSA) is 58.3 Å². The van der Waals surface area contributed by atoms with Gasteiger partial charge in [-0.3, -0.25) is 9.59 Å². The molecule has 0 saturated carbocycles. The molecule has 0 bridgehead atoms. The summed E-state index contributed by atoms with van der Waals surface area (Å²) in [7, 11) is 3.28. The first-order valence-electron chi connectivity index (χ1n) is 9.65. The quantitative estimate of drug-likeness (QED) is 0.569. The minimum Gasteiger partial charge on any atom is -0.358 e. The largest absolute Gasteiger partial charge is 0.358 e. The molecule has 3 rings (SSSR count). The maximum absolute atomic E-state index is 12.3. The van der Waals surface area contributed by atoms with E-state index in [1.54, 1.807) is 19.0 Å². The van der Waals surface area contributed by atoms with Gasteiger partial charge in [-0.25, -0.2) is 0 Å². The maximum atomic E-state index is 12.3. The summed E-state index contributed by atoms with van der Waals surface area (Å²) < 4.78 is 0. The summed E-state index contributed by atoms with van der Waals surface area (Å²) in [4.78, 5) is 28.1. The van der Waals surface area contributed by atoms with Crippen molar-refractivity contribution in [2.24, 2.45) is 0 Å². The smallest absolute Gasteiger partial charge is 0.277 e. The van der Waals surface area contributed by atoms with Crippen LogP contribution in [0.5, 0.6) is 0 Å². The normalized spacial score (nSPS) is 19.6. The van der Waals surface area contributed by atoms with Crippen molar-refractivity contribution < 1.29 is 19.4 Å². The van der Waals surface area contributed by atoms with Gasteiger partial charge in [-0.2, -0.15) is 0 Å². The zero-order valence-corrected chi connectivity index (χ0v) is 16.3. The first-order valence-corrected chi connectivity index (χ1v) is 9.65. The van der Waals surface area contributed by atoms with Crippen LogP contribution in [0.3, 0.4) is 0 Å². The summed E-state index contributed by atoms with van der Waals surface area (Å²) in [6, 6.07) is 15.1. The number of carbonyl (C=O) groups excluding carboxylic acids is 2. The number of benzene rings is 2. The van der Waals surface area contributed by atoms with Gasteiger partial charge in [0.05, 0.1) is 6.54 Å². The van der Waals surface area contributed by atoms with Gasteiger partial charge in [-0.05, 0) is 10.8 Å². The van der Waals surface area contributed by atoms with Gasteiger partial charge in [0.1, 0.15) is 32.7 Å². The van der Waals surface area contributed by atoms with E-state index in [2.05, 4.69) is 47.8 Å². The summed E-state index contributed by atoms with van der Waals surface area (Å²) >= 11 is 0. The lowest BCUT2D eigenvalue weighted by Crippen LogP contribution is -3.28. The molecule has 0 atom stereocenters. The van der Waals surface area contributed by atoms with E-state index in [-0.39, 0.29) is 18.4 Å². The Morgan fingerprint density at radius 3 is 2.41 bits per heavy atom. The molecule has 1 saturated heterocycles. The molecular formula is C21H30N4O2+2. The first-order chi connectivity index (χ1) is 13.1. The second kappa shape index (κ2) is 8.97. The molecule has 2 amide bonds. The minimum atomic E-state index is -0.134. The van der Waals surface area contributed by atoms with Gasteiger partial charge in [0.25, 0.3) is 5.91 Å². The molecule has 0 aromatic heterocycles. The van der Waals surface area contributed by atoms with Crippen LogP contribution in [-0.4, -0.2) is 70.1 Å². The molecule has 1 aliphatic heterocycles. The zero-order valence-electron chi connectivity index (χ0n) is 16.3. The standard InChI is InChI=1S/C21H28N4O2/c1-22-20(26)15-23(2)21(27)16-25-12-10-24(11-13-25)14-18-8-5-7-17-6-3-4-9-19(17)18/h3-9H,10-16H2,1-2H3,(H,22,26)/p+2. The molecule has 2 aromatic carbocycles. The fourth-order valence-corrected chi connectivity index (χ4v) is 3.76. The average molecular weight is 370 g/mol. The minimum absolute atomic E-state index is 0.0334. The molecule has 0 spiro atoms. The summed E-state index contributed by atoms with van der Waals surface area (Å²) in [6.45, 7) is 5.71. The van der Waals surface area contributed by atoms with E-state index >= 15 is 0 Å². The van der Waals surface area contributed by atoms with Crippen LogP contribution in [0, 0.1) is 0 Å². The molecule has 144 valence electrons. The second-order valence-corrected chi connectivity index (χ2v) is 7.41. The summed E-state index contributed by atoms with van der Waals surface area (Å²) in [5.41, 5.74) is 1.40. The van der Waals surface area contributed by atoms with Crippen LogP contribution in [0.2, 0.25) is 0 Å². The predicted molar refractivity (Wildman–Crippen MR) is 106 cm³/mol. The van der Waals surface area contributed by atoms with Crippen LogP contribution >= 0.6 is 0 Å². The zero-order chi connectivity index (χ0) is 19.2. The number of hydrogen-bond acceptors (Lipinski definition) is 2. The number of piperazine rings is 1. The third kappa shape index (κ3) is 5.05. The van der Waals surface area contributed by atoms with E-state index < -0.39 is 0 Å². The van der Waals surface area contributed by atoms with Crippen molar-refractivity contribution in [3.63, 3.8) is 0 Å². The van der Waals surface area contributed by atoms with E-state index in [1.807, 2.05) is 0 Å². The monoisotopic (exact) mass is 370 g/mol. The Labute approximate surface area is 160 Å². The molecule has 6 nitrogen and oxygen atoms in total. The van der Waals surface area contributed by atoms with Crippen molar-refractivity contribution in [1.82, 2.24) is 10.2 Å². The van der Waals surface area contributed by atoms with Crippen molar-refractivity contribution in [2.75, 3.05) is 53.4 Å². The number of likely N-dealkylation sites (N-methyl/N-ethyl adjacent to an activating group) is 2. The molecule has 0 radical (unpaired) electrons. The van der Waals surface area contributed by atoms with Crippen LogP contribution in [0.4, 0.5) is 0 Å². The van der Waals surface area contributed by atoms with Crippen molar-refractivity contribution in [3.05, 3.63) is 48.0 Å². The van der Waals surface area contributed by atoms with Gasteiger partial charge >= 0.3 is 0 Å². The number of hydrogen-bond donors (Lipinski definition) is 3. The van der Waals surface area contributed by atoms with Crippen LogP contribution in [0.1, 0.15) is 5.56 Å². The Morgan fingerprint density at radius 2 is 1.67 bits per heavy atom. The maximum Gasteiger partial charge on any atom is 0.277 e. The molecule has 3 N–H and O–H groups in total. The SMILES string of the molecule is CNC(=O)CN(C)C(=O)C[NH+]1CC[NH+](Cc2cccc3ccccc23)CC1. The molecule has 1 heterocycles. The molecular weight excluding hydrogens is 340 g/mol. The Bertz CT molecular complexity index is 794. The van der Waals surface area contributed by atoms with Crippen LogP contribution in [-0.2, 0) is 16.1 Å². The number of nitrogens with zero attached hydrogens (tertiary/aromatic N) is 1. The number of quaternary nitrogens is 2. The number of nitrogens with one attached hydrogen (secondary N) is 3. The van der Waals surface area contributed by atoms with Crippen molar-refractivity contribution in [1.29, 1.82) is 0 Å². The number of amides is 2. The molecule has 1 aliphatic rings. The molecule has 0 aliphatic carbocycles.